The van der Waals surface area contributed by atoms with Crippen LogP contribution in [0.5, 0.6) is 0 Å². The van der Waals surface area contributed by atoms with Crippen molar-refractivity contribution in [1.82, 2.24) is 19.3 Å². The van der Waals surface area contributed by atoms with Gasteiger partial charge in [-0.15, -0.1) is 10.2 Å². The van der Waals surface area contributed by atoms with Crippen LogP contribution < -0.4 is 22.7 Å². The van der Waals surface area contributed by atoms with Crippen LogP contribution in [0, 0.1) is 0 Å². The molecule has 0 aliphatic heterocycles. The highest BCUT2D eigenvalue weighted by molar-refractivity contribution is 8.01. The number of aromatic nitrogens is 4. The van der Waals surface area contributed by atoms with Crippen LogP contribution in [0.2, 0.25) is 0 Å². The molecule has 2 aromatic heterocycles. The molecular weight excluding hydrogens is 340 g/mol. The van der Waals surface area contributed by atoms with E-state index < -0.39 is 17.0 Å². The van der Waals surface area contributed by atoms with Gasteiger partial charge in [0.05, 0.1) is 5.75 Å². The molecular formula is C12H16N6O3S2. The molecule has 124 valence electrons. The number of carbonyl (C=O) groups is 1. The van der Waals surface area contributed by atoms with Crippen molar-refractivity contribution in [2.24, 2.45) is 7.05 Å². The smallest absolute Gasteiger partial charge is 0.332 e. The Morgan fingerprint density at radius 1 is 1.30 bits per heavy atom. The third kappa shape index (κ3) is 3.45. The van der Waals surface area contributed by atoms with Gasteiger partial charge in [-0.2, -0.15) is 0 Å². The summed E-state index contributed by atoms with van der Waals surface area (Å²) in [7, 11) is 1.33. The second-order valence-electron chi connectivity index (χ2n) is 4.68. The monoisotopic (exact) mass is 356 g/mol. The minimum absolute atomic E-state index is 0.0433. The molecule has 0 aromatic carbocycles. The van der Waals surface area contributed by atoms with Crippen molar-refractivity contribution in [2.75, 3.05) is 17.2 Å². The van der Waals surface area contributed by atoms with Crippen LogP contribution in [0.3, 0.4) is 0 Å². The largest absolute Gasteiger partial charge is 0.384 e. The summed E-state index contributed by atoms with van der Waals surface area (Å²) in [5.41, 5.74) is 9.96. The zero-order valence-electron chi connectivity index (χ0n) is 12.6. The number of carbonyl (C=O) groups excluding carboxylic acids is 1. The van der Waals surface area contributed by atoms with Crippen molar-refractivity contribution < 1.29 is 4.79 Å². The Labute approximate surface area is 139 Å². The van der Waals surface area contributed by atoms with E-state index in [0.717, 1.165) is 27.7 Å². The van der Waals surface area contributed by atoms with Crippen LogP contribution in [-0.4, -0.2) is 30.9 Å². The average molecular weight is 356 g/mol. The molecule has 0 atom stereocenters. The Kier molecular flexibility index (Phi) is 5.21. The van der Waals surface area contributed by atoms with Gasteiger partial charge in [0, 0.05) is 13.6 Å². The summed E-state index contributed by atoms with van der Waals surface area (Å²) >= 11 is 2.26. The number of Topliss-reactive ketones (excluding diaryl/α,β-unsaturated/α-hetero) is 1. The van der Waals surface area contributed by atoms with Gasteiger partial charge in [-0.05, 0) is 6.42 Å². The Hall–Kier alpha value is -2.14. The lowest BCUT2D eigenvalue weighted by Crippen LogP contribution is -2.42. The van der Waals surface area contributed by atoms with Gasteiger partial charge >= 0.3 is 5.69 Å². The lowest BCUT2D eigenvalue weighted by molar-refractivity contribution is 0.102. The molecule has 4 N–H and O–H groups in total. The van der Waals surface area contributed by atoms with Gasteiger partial charge in [0.15, 0.2) is 10.1 Å². The topological polar surface area (TPSA) is 139 Å². The Balaban J connectivity index is 2.36. The quantitative estimate of drug-likeness (QED) is 0.542. The maximum Gasteiger partial charge on any atom is 0.332 e. The highest BCUT2D eigenvalue weighted by atomic mass is 32.2. The summed E-state index contributed by atoms with van der Waals surface area (Å²) in [6.45, 7) is 2.20. The molecule has 0 spiro atoms. The molecule has 9 nitrogen and oxygen atoms in total. The summed E-state index contributed by atoms with van der Waals surface area (Å²) in [6.07, 6.45) is 0.648. The van der Waals surface area contributed by atoms with Gasteiger partial charge in [0.1, 0.15) is 11.4 Å². The number of nitrogens with two attached hydrogens (primary N) is 2. The van der Waals surface area contributed by atoms with E-state index in [1.165, 1.54) is 11.6 Å². The van der Waals surface area contributed by atoms with Crippen LogP contribution in [0.15, 0.2) is 13.9 Å². The van der Waals surface area contributed by atoms with E-state index in [2.05, 4.69) is 10.2 Å². The molecule has 2 rings (SSSR count). The maximum absolute atomic E-state index is 12.4. The second kappa shape index (κ2) is 6.96. The predicted molar refractivity (Wildman–Crippen MR) is 90.0 cm³/mol. The molecule has 23 heavy (non-hydrogen) atoms. The molecule has 2 heterocycles. The van der Waals surface area contributed by atoms with Crippen molar-refractivity contribution in [2.45, 2.75) is 24.2 Å². The van der Waals surface area contributed by atoms with Crippen molar-refractivity contribution in [3.63, 3.8) is 0 Å². The molecule has 0 bridgehead atoms. The SMILES string of the molecule is CCCn1c(N)c(C(=O)CSc2nnc(N)s2)c(=O)n(C)c1=O. The van der Waals surface area contributed by atoms with E-state index in [-0.39, 0.29) is 17.1 Å². The standard InChI is InChI=1S/C12H16N6O3S2/c1-3-4-18-8(13)7(9(20)17(2)12(18)21)6(19)5-22-11-16-15-10(14)23-11/h3-5,13H2,1-2H3,(H2,14,15). The Morgan fingerprint density at radius 3 is 2.57 bits per heavy atom. The third-order valence-corrected chi connectivity index (χ3v) is 4.94. The minimum atomic E-state index is -0.692. The third-order valence-electron chi connectivity index (χ3n) is 3.06. The van der Waals surface area contributed by atoms with Crippen LogP contribution in [0.1, 0.15) is 23.7 Å². The first-order valence-electron chi connectivity index (χ1n) is 6.71. The van der Waals surface area contributed by atoms with Crippen molar-refractivity contribution in [3.05, 3.63) is 26.4 Å². The van der Waals surface area contributed by atoms with Gasteiger partial charge in [-0.3, -0.25) is 18.7 Å². The molecule has 11 heteroatoms. The first kappa shape index (κ1) is 17.2. The van der Waals surface area contributed by atoms with Crippen molar-refractivity contribution >= 4 is 39.8 Å². The zero-order valence-corrected chi connectivity index (χ0v) is 14.2. The van der Waals surface area contributed by atoms with E-state index in [1.807, 2.05) is 6.92 Å². The summed E-state index contributed by atoms with van der Waals surface area (Å²) in [5.74, 6) is -0.604. The summed E-state index contributed by atoms with van der Waals surface area (Å²) in [5, 5.41) is 7.73. The molecule has 0 radical (unpaired) electrons. The van der Waals surface area contributed by atoms with Gasteiger partial charge < -0.3 is 11.5 Å². The van der Waals surface area contributed by atoms with E-state index in [1.54, 1.807) is 0 Å². The predicted octanol–water partition coefficient (Wildman–Crippen LogP) is -0.0521. The number of thioether (sulfide) groups is 1. The minimum Gasteiger partial charge on any atom is -0.384 e. The molecule has 0 saturated carbocycles. The highest BCUT2D eigenvalue weighted by Crippen LogP contribution is 2.24. The fourth-order valence-electron chi connectivity index (χ4n) is 1.96. The number of nitrogen functional groups attached to an aromatic ring is 2. The highest BCUT2D eigenvalue weighted by Gasteiger charge is 2.21. The fraction of sp³-hybridized carbons (Fsp3) is 0.417. The van der Waals surface area contributed by atoms with Crippen LogP contribution in [0.25, 0.3) is 0 Å². The molecule has 0 unspecified atom stereocenters. The number of rotatable bonds is 6. The van der Waals surface area contributed by atoms with Crippen molar-refractivity contribution in [3.8, 4) is 0 Å². The number of hydrogen-bond donors (Lipinski definition) is 2. The molecule has 0 amide bonds. The second-order valence-corrected chi connectivity index (χ2v) is 6.91. The lowest BCUT2D eigenvalue weighted by atomic mass is 10.2. The van der Waals surface area contributed by atoms with Gasteiger partial charge in [0.25, 0.3) is 5.56 Å². The van der Waals surface area contributed by atoms with E-state index in [0.29, 0.717) is 22.4 Å². The fourth-order valence-corrected chi connectivity index (χ4v) is 3.47. The van der Waals surface area contributed by atoms with E-state index in [4.69, 9.17) is 11.5 Å². The molecule has 0 aliphatic carbocycles. The van der Waals surface area contributed by atoms with Crippen molar-refractivity contribution in [1.29, 1.82) is 0 Å². The number of anilines is 2. The average Bonchev–Trinajstić information content (AvgIpc) is 2.93. The normalized spacial score (nSPS) is 10.9. The van der Waals surface area contributed by atoms with E-state index in [9.17, 15) is 14.4 Å². The lowest BCUT2D eigenvalue weighted by Gasteiger charge is -2.13. The van der Waals surface area contributed by atoms with Gasteiger partial charge in [-0.1, -0.05) is 30.0 Å². The number of nitrogens with zero attached hydrogens (tertiary/aromatic N) is 4. The number of hydrogen-bond acceptors (Lipinski definition) is 9. The molecule has 0 saturated heterocycles. The molecule has 0 fully saturated rings. The Morgan fingerprint density at radius 2 is 2.00 bits per heavy atom. The first-order valence-corrected chi connectivity index (χ1v) is 8.51. The Bertz CT molecular complexity index is 853. The van der Waals surface area contributed by atoms with Crippen LogP contribution in [0.4, 0.5) is 10.9 Å². The van der Waals surface area contributed by atoms with Crippen LogP contribution in [-0.2, 0) is 13.6 Å². The summed E-state index contributed by atoms with van der Waals surface area (Å²) in [4.78, 5) is 36.7. The van der Waals surface area contributed by atoms with E-state index >= 15 is 0 Å². The maximum atomic E-state index is 12.4. The molecule has 0 aliphatic rings. The number of ketones is 1. The van der Waals surface area contributed by atoms with Gasteiger partial charge in [-0.25, -0.2) is 4.79 Å². The van der Waals surface area contributed by atoms with Crippen LogP contribution >= 0.6 is 23.1 Å². The summed E-state index contributed by atoms with van der Waals surface area (Å²) in [6, 6.07) is 0. The van der Waals surface area contributed by atoms with Gasteiger partial charge in [0.2, 0.25) is 5.13 Å². The molecule has 2 aromatic rings. The zero-order chi connectivity index (χ0) is 17.1. The first-order chi connectivity index (χ1) is 10.9. The summed E-state index contributed by atoms with van der Waals surface area (Å²) < 4.78 is 2.66.